The third-order valence-corrected chi connectivity index (χ3v) is 2.61. The van der Waals surface area contributed by atoms with Gasteiger partial charge in [0.25, 0.3) is 0 Å². The number of hydrogen-bond acceptors (Lipinski definition) is 2. The molecule has 0 amide bonds. The van der Waals surface area contributed by atoms with Crippen molar-refractivity contribution in [2.24, 2.45) is 11.7 Å². The number of carbonyl (C=O) groups excluding carboxylic acids is 1. The Morgan fingerprint density at radius 1 is 1.47 bits per heavy atom. The Kier molecular flexibility index (Phi) is 3.69. The lowest BCUT2D eigenvalue weighted by atomic mass is 10.1. The molecule has 3 heteroatoms. The molecule has 0 aliphatic carbocycles. The second-order valence-corrected chi connectivity index (χ2v) is 4.42. The summed E-state index contributed by atoms with van der Waals surface area (Å²) in [6.45, 7) is 9.40. The molecule has 0 aliphatic rings. The minimum absolute atomic E-state index is 0.0260. The Morgan fingerprint density at radius 3 is 2.53 bits per heavy atom. The molecule has 0 atom stereocenters. The van der Waals surface area contributed by atoms with E-state index < -0.39 is 0 Å². The average molecular weight is 208 g/mol. The first-order chi connectivity index (χ1) is 6.97. The van der Waals surface area contributed by atoms with Crippen LogP contribution in [-0.4, -0.2) is 16.9 Å². The molecule has 2 N–H and O–H groups in total. The third kappa shape index (κ3) is 2.48. The fraction of sp³-hybridized carbons (Fsp3) is 0.583. The van der Waals surface area contributed by atoms with E-state index in [0.29, 0.717) is 5.92 Å². The van der Waals surface area contributed by atoms with Crippen molar-refractivity contribution in [1.29, 1.82) is 0 Å². The van der Waals surface area contributed by atoms with Gasteiger partial charge in [-0.3, -0.25) is 4.79 Å². The van der Waals surface area contributed by atoms with Crippen LogP contribution in [0.25, 0.3) is 0 Å². The highest BCUT2D eigenvalue weighted by molar-refractivity contribution is 5.98. The Morgan fingerprint density at radius 2 is 2.07 bits per heavy atom. The summed E-state index contributed by atoms with van der Waals surface area (Å²) in [6, 6.07) is 1.94. The summed E-state index contributed by atoms with van der Waals surface area (Å²) in [5.41, 5.74) is 8.32. The van der Waals surface area contributed by atoms with Gasteiger partial charge >= 0.3 is 0 Å². The molecule has 1 rings (SSSR count). The molecule has 15 heavy (non-hydrogen) atoms. The molecule has 0 aromatic carbocycles. The van der Waals surface area contributed by atoms with Crippen LogP contribution < -0.4 is 5.73 Å². The topological polar surface area (TPSA) is 48.0 Å². The Balaban J connectivity index is 3.08. The van der Waals surface area contributed by atoms with E-state index in [1.54, 1.807) is 0 Å². The van der Waals surface area contributed by atoms with Gasteiger partial charge < -0.3 is 10.3 Å². The number of aryl methyl sites for hydroxylation is 1. The number of aromatic nitrogens is 1. The normalized spacial score (nSPS) is 11.1. The maximum Gasteiger partial charge on any atom is 0.178 e. The number of carbonyl (C=O) groups is 1. The molecule has 0 bridgehead atoms. The van der Waals surface area contributed by atoms with Crippen LogP contribution in [0, 0.1) is 19.8 Å². The van der Waals surface area contributed by atoms with Crippen LogP contribution in [0.15, 0.2) is 6.07 Å². The number of nitrogens with two attached hydrogens (primary N) is 1. The Hall–Kier alpha value is -1.09. The highest BCUT2D eigenvalue weighted by Gasteiger charge is 2.14. The van der Waals surface area contributed by atoms with E-state index in [1.165, 1.54) is 0 Å². The van der Waals surface area contributed by atoms with E-state index in [4.69, 9.17) is 5.73 Å². The van der Waals surface area contributed by atoms with E-state index in [0.717, 1.165) is 23.5 Å². The molecule has 0 saturated heterocycles. The molecule has 3 nitrogen and oxygen atoms in total. The predicted molar refractivity (Wildman–Crippen MR) is 62.1 cm³/mol. The second-order valence-electron chi connectivity index (χ2n) is 4.42. The summed E-state index contributed by atoms with van der Waals surface area (Å²) in [6.07, 6.45) is 0. The summed E-state index contributed by atoms with van der Waals surface area (Å²) in [5.74, 6) is 0.605. The fourth-order valence-corrected chi connectivity index (χ4v) is 1.84. The molecular weight excluding hydrogens is 188 g/mol. The van der Waals surface area contributed by atoms with Crippen LogP contribution in [0.5, 0.6) is 0 Å². The van der Waals surface area contributed by atoms with Crippen LogP contribution in [-0.2, 0) is 6.54 Å². The minimum atomic E-state index is 0.0260. The molecule has 0 aliphatic heterocycles. The lowest BCUT2D eigenvalue weighted by molar-refractivity contribution is 0.100. The molecular formula is C12H20N2O. The van der Waals surface area contributed by atoms with E-state index >= 15 is 0 Å². The highest BCUT2D eigenvalue weighted by Crippen LogP contribution is 2.17. The average Bonchev–Trinajstić information content (AvgIpc) is 2.44. The van der Waals surface area contributed by atoms with E-state index in [1.807, 2.05) is 19.9 Å². The number of hydrogen-bond donors (Lipinski definition) is 1. The second kappa shape index (κ2) is 4.62. The van der Waals surface area contributed by atoms with Gasteiger partial charge in [0, 0.05) is 23.5 Å². The Labute approximate surface area is 91.3 Å². The standard InChI is InChI=1S/C12H20N2O/c1-8(2)7-14-9(3)5-11(10(14)4)12(15)6-13/h5,8H,6-7,13H2,1-4H3. The zero-order valence-corrected chi connectivity index (χ0v) is 10.0. The van der Waals surface area contributed by atoms with Gasteiger partial charge in [-0.2, -0.15) is 0 Å². The summed E-state index contributed by atoms with van der Waals surface area (Å²) in [7, 11) is 0. The van der Waals surface area contributed by atoms with Gasteiger partial charge in [0.2, 0.25) is 0 Å². The monoisotopic (exact) mass is 208 g/mol. The summed E-state index contributed by atoms with van der Waals surface area (Å²) in [4.78, 5) is 11.5. The van der Waals surface area contributed by atoms with Gasteiger partial charge in [-0.1, -0.05) is 13.8 Å². The van der Waals surface area contributed by atoms with Crippen LogP contribution in [0.1, 0.15) is 35.6 Å². The molecule has 0 saturated carbocycles. The first kappa shape index (κ1) is 12.0. The highest BCUT2D eigenvalue weighted by atomic mass is 16.1. The summed E-state index contributed by atoms with van der Waals surface area (Å²) >= 11 is 0. The largest absolute Gasteiger partial charge is 0.348 e. The molecule has 1 heterocycles. The van der Waals surface area contributed by atoms with E-state index in [9.17, 15) is 4.79 Å². The van der Waals surface area contributed by atoms with E-state index in [2.05, 4.69) is 18.4 Å². The van der Waals surface area contributed by atoms with Crippen molar-refractivity contribution < 1.29 is 4.79 Å². The Bertz CT molecular complexity index is 364. The lowest BCUT2D eigenvalue weighted by Crippen LogP contribution is -2.15. The molecule has 0 fully saturated rings. The fourth-order valence-electron chi connectivity index (χ4n) is 1.84. The zero-order valence-electron chi connectivity index (χ0n) is 10.0. The molecule has 0 radical (unpaired) electrons. The van der Waals surface area contributed by atoms with Gasteiger partial charge in [0.15, 0.2) is 5.78 Å². The van der Waals surface area contributed by atoms with Gasteiger partial charge in [0.05, 0.1) is 6.54 Å². The van der Waals surface area contributed by atoms with Crippen LogP contribution >= 0.6 is 0 Å². The van der Waals surface area contributed by atoms with Crippen molar-refractivity contribution in [1.82, 2.24) is 4.57 Å². The SMILES string of the molecule is Cc1cc(C(=O)CN)c(C)n1CC(C)C. The summed E-state index contributed by atoms with van der Waals surface area (Å²) < 4.78 is 2.19. The molecule has 0 spiro atoms. The smallest absolute Gasteiger partial charge is 0.178 e. The van der Waals surface area contributed by atoms with Crippen molar-refractivity contribution in [3.63, 3.8) is 0 Å². The van der Waals surface area contributed by atoms with Gasteiger partial charge in [0.1, 0.15) is 0 Å². The summed E-state index contributed by atoms with van der Waals surface area (Å²) in [5, 5.41) is 0. The van der Waals surface area contributed by atoms with Crippen molar-refractivity contribution in [3.8, 4) is 0 Å². The molecule has 0 unspecified atom stereocenters. The quantitative estimate of drug-likeness (QED) is 0.768. The zero-order chi connectivity index (χ0) is 11.6. The number of ketones is 1. The lowest BCUT2D eigenvalue weighted by Gasteiger charge is -2.12. The number of rotatable bonds is 4. The van der Waals surface area contributed by atoms with Crippen molar-refractivity contribution in [3.05, 3.63) is 23.0 Å². The molecule has 1 aromatic heterocycles. The molecule has 84 valence electrons. The van der Waals surface area contributed by atoms with Crippen molar-refractivity contribution in [2.75, 3.05) is 6.54 Å². The number of Topliss-reactive ketones (excluding diaryl/α,β-unsaturated/α-hetero) is 1. The predicted octanol–water partition coefficient (Wildman–Crippen LogP) is 1.90. The maximum atomic E-state index is 11.5. The van der Waals surface area contributed by atoms with Gasteiger partial charge in [-0.05, 0) is 25.8 Å². The van der Waals surface area contributed by atoms with Crippen LogP contribution in [0.4, 0.5) is 0 Å². The third-order valence-electron chi connectivity index (χ3n) is 2.61. The van der Waals surface area contributed by atoms with Crippen LogP contribution in [0.2, 0.25) is 0 Å². The first-order valence-electron chi connectivity index (χ1n) is 5.37. The van der Waals surface area contributed by atoms with Crippen LogP contribution in [0.3, 0.4) is 0 Å². The number of nitrogens with zero attached hydrogens (tertiary/aromatic N) is 1. The van der Waals surface area contributed by atoms with Crippen molar-refractivity contribution in [2.45, 2.75) is 34.2 Å². The van der Waals surface area contributed by atoms with Gasteiger partial charge in [-0.15, -0.1) is 0 Å². The van der Waals surface area contributed by atoms with E-state index in [-0.39, 0.29) is 12.3 Å². The molecule has 1 aromatic rings. The van der Waals surface area contributed by atoms with Crippen molar-refractivity contribution >= 4 is 5.78 Å². The minimum Gasteiger partial charge on any atom is -0.348 e. The first-order valence-corrected chi connectivity index (χ1v) is 5.37. The maximum absolute atomic E-state index is 11.5. The van der Waals surface area contributed by atoms with Gasteiger partial charge in [-0.25, -0.2) is 0 Å².